The average Bonchev–Trinajstić information content (AvgIpc) is 2.55. The van der Waals surface area contributed by atoms with Crippen LogP contribution < -0.4 is 21.5 Å². The lowest BCUT2D eigenvalue weighted by Crippen LogP contribution is -2.41. The van der Waals surface area contributed by atoms with E-state index < -0.39 is 5.60 Å². The molecule has 0 aliphatic rings. The molecule has 0 fully saturated rings. The number of rotatable bonds is 6. The normalized spacial score (nSPS) is 12.1. The van der Waals surface area contributed by atoms with Crippen LogP contribution in [0.5, 0.6) is 0 Å². The van der Waals surface area contributed by atoms with Gasteiger partial charge in [0.1, 0.15) is 5.60 Å². The summed E-state index contributed by atoms with van der Waals surface area (Å²) in [4.78, 5) is 13.3. The largest absolute Gasteiger partial charge is 0.444 e. The maximum absolute atomic E-state index is 11.8. The van der Waals surface area contributed by atoms with Gasteiger partial charge in [0.2, 0.25) is 0 Å². The molecule has 0 aliphatic carbocycles. The molecule has 11 heteroatoms. The summed E-state index contributed by atoms with van der Waals surface area (Å²) in [5.74, 6) is 0. The third kappa shape index (κ3) is 11.5. The molecule has 0 aromatic rings. The Balaban J connectivity index is 4.26. The molecule has 0 aliphatic heterocycles. The van der Waals surface area contributed by atoms with E-state index in [-0.39, 0.29) is 6.09 Å². The van der Waals surface area contributed by atoms with Gasteiger partial charge in [0.15, 0.2) is 10.2 Å². The number of likely N-dealkylation sites (N-methyl/N-ethyl adjacent to an activating group) is 1. The van der Waals surface area contributed by atoms with Gasteiger partial charge in [0.25, 0.3) is 0 Å². The van der Waals surface area contributed by atoms with Crippen LogP contribution in [-0.2, 0) is 4.74 Å². The summed E-state index contributed by atoms with van der Waals surface area (Å²) < 4.78 is 5.27. The SMILES string of the molecule is CNC(=S)NN=C(C)C(C)=NNC(=S)NCCN(C)C(=O)OC(C)(C)C. The second-order valence-electron chi connectivity index (χ2n) is 6.35. The first-order valence-corrected chi connectivity index (χ1v) is 8.82. The molecule has 0 atom stereocenters. The van der Waals surface area contributed by atoms with Gasteiger partial charge in [-0.15, -0.1) is 0 Å². The van der Waals surface area contributed by atoms with Gasteiger partial charge < -0.3 is 20.3 Å². The van der Waals surface area contributed by atoms with Gasteiger partial charge in [-0.05, 0) is 59.1 Å². The van der Waals surface area contributed by atoms with Crippen molar-refractivity contribution >= 4 is 52.2 Å². The zero-order valence-electron chi connectivity index (χ0n) is 16.4. The van der Waals surface area contributed by atoms with Gasteiger partial charge in [0.05, 0.1) is 11.4 Å². The predicted molar refractivity (Wildman–Crippen MR) is 114 cm³/mol. The lowest BCUT2D eigenvalue weighted by Gasteiger charge is -2.24. The van der Waals surface area contributed by atoms with Crippen molar-refractivity contribution in [1.29, 1.82) is 0 Å². The van der Waals surface area contributed by atoms with Gasteiger partial charge in [-0.25, -0.2) is 4.79 Å². The molecule has 4 N–H and O–H groups in total. The van der Waals surface area contributed by atoms with Crippen LogP contribution in [0.3, 0.4) is 0 Å². The maximum atomic E-state index is 11.8. The number of hydrazone groups is 2. The quantitative estimate of drug-likeness (QED) is 0.298. The van der Waals surface area contributed by atoms with Crippen LogP contribution in [0.2, 0.25) is 0 Å². The molecule has 0 aromatic heterocycles. The molecule has 0 radical (unpaired) electrons. The molecular weight excluding hydrogens is 374 g/mol. The Labute approximate surface area is 166 Å². The molecule has 0 saturated heterocycles. The van der Waals surface area contributed by atoms with E-state index in [1.807, 2.05) is 20.8 Å². The molecule has 1 amide bonds. The van der Waals surface area contributed by atoms with Crippen LogP contribution >= 0.6 is 24.4 Å². The summed E-state index contributed by atoms with van der Waals surface area (Å²) in [6.45, 7) is 9.94. The van der Waals surface area contributed by atoms with E-state index in [0.29, 0.717) is 34.7 Å². The number of carbonyl (C=O) groups excluding carboxylic acids is 1. The summed E-state index contributed by atoms with van der Waals surface area (Å²) in [6.07, 6.45) is -0.383. The lowest BCUT2D eigenvalue weighted by atomic mass is 10.2. The minimum atomic E-state index is -0.521. The smallest absolute Gasteiger partial charge is 0.410 e. The summed E-state index contributed by atoms with van der Waals surface area (Å²) in [5.41, 5.74) is 6.18. The summed E-state index contributed by atoms with van der Waals surface area (Å²) in [6, 6.07) is 0. The van der Waals surface area contributed by atoms with Crippen molar-refractivity contribution in [2.75, 3.05) is 27.2 Å². The Kier molecular flexibility index (Phi) is 10.7. The van der Waals surface area contributed by atoms with Crippen molar-refractivity contribution in [3.05, 3.63) is 0 Å². The molecule has 148 valence electrons. The van der Waals surface area contributed by atoms with E-state index in [1.54, 1.807) is 27.9 Å². The maximum Gasteiger partial charge on any atom is 0.410 e. The number of hydrogen-bond acceptors (Lipinski definition) is 6. The van der Waals surface area contributed by atoms with E-state index in [4.69, 9.17) is 29.2 Å². The molecule has 26 heavy (non-hydrogen) atoms. The first kappa shape index (κ1) is 24.0. The Morgan fingerprint density at radius 1 is 1.08 bits per heavy atom. The number of nitrogens with one attached hydrogen (secondary N) is 4. The fraction of sp³-hybridized carbons (Fsp3) is 0.667. The molecule has 0 saturated carbocycles. The van der Waals surface area contributed by atoms with Crippen LogP contribution in [0.4, 0.5) is 4.79 Å². The number of thiocarbonyl (C=S) groups is 2. The van der Waals surface area contributed by atoms with Gasteiger partial charge >= 0.3 is 6.09 Å². The molecule has 0 aromatic carbocycles. The molecule has 0 unspecified atom stereocenters. The Morgan fingerprint density at radius 2 is 1.58 bits per heavy atom. The molecule has 0 heterocycles. The minimum Gasteiger partial charge on any atom is -0.444 e. The topological polar surface area (TPSA) is 102 Å². The Hall–Kier alpha value is -2.01. The second kappa shape index (κ2) is 11.6. The van der Waals surface area contributed by atoms with Crippen molar-refractivity contribution in [3.63, 3.8) is 0 Å². The Bertz CT molecular complexity index is 571. The molecule has 0 rings (SSSR count). The van der Waals surface area contributed by atoms with E-state index in [9.17, 15) is 4.79 Å². The highest BCUT2D eigenvalue weighted by Gasteiger charge is 2.19. The van der Waals surface area contributed by atoms with Crippen molar-refractivity contribution < 1.29 is 9.53 Å². The van der Waals surface area contributed by atoms with Crippen LogP contribution in [0.15, 0.2) is 10.2 Å². The summed E-state index contributed by atoms with van der Waals surface area (Å²) in [5, 5.41) is 14.7. The highest BCUT2D eigenvalue weighted by molar-refractivity contribution is 7.80. The second-order valence-corrected chi connectivity index (χ2v) is 7.17. The number of hydrogen-bond donors (Lipinski definition) is 4. The molecule has 0 spiro atoms. The van der Waals surface area contributed by atoms with Gasteiger partial charge in [0, 0.05) is 27.2 Å². The molecule has 0 bridgehead atoms. The third-order valence-corrected chi connectivity index (χ3v) is 3.37. The van der Waals surface area contributed by atoms with Crippen LogP contribution in [0.1, 0.15) is 34.6 Å². The van der Waals surface area contributed by atoms with Crippen molar-refractivity contribution in [1.82, 2.24) is 26.4 Å². The highest BCUT2D eigenvalue weighted by Crippen LogP contribution is 2.08. The van der Waals surface area contributed by atoms with Crippen LogP contribution in [-0.4, -0.2) is 65.4 Å². The lowest BCUT2D eigenvalue weighted by molar-refractivity contribution is 0.0302. The summed E-state index contributed by atoms with van der Waals surface area (Å²) in [7, 11) is 3.37. The monoisotopic (exact) mass is 403 g/mol. The number of amides is 1. The molecule has 9 nitrogen and oxygen atoms in total. The fourth-order valence-corrected chi connectivity index (χ4v) is 1.49. The van der Waals surface area contributed by atoms with Gasteiger partial charge in [-0.2, -0.15) is 10.2 Å². The van der Waals surface area contributed by atoms with E-state index in [2.05, 4.69) is 31.7 Å². The zero-order valence-corrected chi connectivity index (χ0v) is 18.0. The number of carbonyl (C=O) groups is 1. The minimum absolute atomic E-state index is 0.341. The Morgan fingerprint density at radius 3 is 2.04 bits per heavy atom. The predicted octanol–water partition coefficient (Wildman–Crippen LogP) is 1.16. The van der Waals surface area contributed by atoms with Crippen molar-refractivity contribution in [2.45, 2.75) is 40.2 Å². The van der Waals surface area contributed by atoms with Crippen LogP contribution in [0.25, 0.3) is 0 Å². The highest BCUT2D eigenvalue weighted by atomic mass is 32.1. The number of nitrogens with zero attached hydrogens (tertiary/aromatic N) is 3. The summed E-state index contributed by atoms with van der Waals surface area (Å²) >= 11 is 10.1. The molecular formula is C15H29N7O2S2. The zero-order chi connectivity index (χ0) is 20.3. The van der Waals surface area contributed by atoms with Crippen molar-refractivity contribution in [2.24, 2.45) is 10.2 Å². The third-order valence-electron chi connectivity index (χ3n) is 2.84. The van der Waals surface area contributed by atoms with Crippen molar-refractivity contribution in [3.8, 4) is 0 Å². The van der Waals surface area contributed by atoms with E-state index in [1.165, 1.54) is 4.90 Å². The fourth-order valence-electron chi connectivity index (χ4n) is 1.29. The first-order valence-electron chi connectivity index (χ1n) is 8.01. The standard InChI is InChI=1S/C15H29N7O2S2/c1-10(18-20-12(25)16-6)11(2)19-21-13(26)17-8-9-22(7)14(23)24-15(3,4)5/h8-9H2,1-7H3,(H2,16,20,25)(H2,17,21,26). The number of ether oxygens (including phenoxy) is 1. The first-order chi connectivity index (χ1) is 12.0. The van der Waals surface area contributed by atoms with Crippen LogP contribution in [0, 0.1) is 0 Å². The van der Waals surface area contributed by atoms with Gasteiger partial charge in [-0.3, -0.25) is 10.9 Å². The average molecular weight is 404 g/mol. The van der Waals surface area contributed by atoms with E-state index in [0.717, 1.165) is 0 Å². The van der Waals surface area contributed by atoms with Gasteiger partial charge in [-0.1, -0.05) is 0 Å². The van der Waals surface area contributed by atoms with E-state index >= 15 is 0 Å².